The summed E-state index contributed by atoms with van der Waals surface area (Å²) < 4.78 is 15.1. The molecule has 1 atom stereocenters. The van der Waals surface area contributed by atoms with Gasteiger partial charge in [-0.05, 0) is 67.6 Å². The fourth-order valence-electron chi connectivity index (χ4n) is 7.85. The van der Waals surface area contributed by atoms with Gasteiger partial charge in [0.1, 0.15) is 17.6 Å². The van der Waals surface area contributed by atoms with Crippen molar-refractivity contribution in [3.05, 3.63) is 92.9 Å². The molecule has 16 heteroatoms. The number of amides is 5. The van der Waals surface area contributed by atoms with Crippen molar-refractivity contribution in [1.29, 1.82) is 0 Å². The lowest BCUT2D eigenvalue weighted by Gasteiger charge is -2.39. The fourth-order valence-corrected chi connectivity index (χ4v) is 7.85. The van der Waals surface area contributed by atoms with Crippen molar-refractivity contribution in [2.45, 2.75) is 70.1 Å². The molecule has 2 saturated heterocycles. The maximum atomic E-state index is 15.1. The summed E-state index contributed by atoms with van der Waals surface area (Å²) in [4.78, 5) is 93.1. The number of imide groups is 2. The number of piperidine rings is 1. The Morgan fingerprint density at radius 3 is 2.49 bits per heavy atom. The minimum atomic E-state index is -1.10. The number of carbonyl (C=O) groups is 5. The van der Waals surface area contributed by atoms with E-state index in [4.69, 9.17) is 0 Å². The van der Waals surface area contributed by atoms with Crippen LogP contribution >= 0.6 is 0 Å². The first-order valence-corrected chi connectivity index (χ1v) is 18.6. The van der Waals surface area contributed by atoms with Crippen LogP contribution in [0.3, 0.4) is 0 Å². The van der Waals surface area contributed by atoms with Gasteiger partial charge in [-0.15, -0.1) is 0 Å². The van der Waals surface area contributed by atoms with Gasteiger partial charge in [0, 0.05) is 74.1 Å². The van der Waals surface area contributed by atoms with Gasteiger partial charge in [-0.2, -0.15) is 0 Å². The minimum absolute atomic E-state index is 0.00862. The van der Waals surface area contributed by atoms with Gasteiger partial charge in [0.15, 0.2) is 0 Å². The molecular weight excluding hydrogens is 709 g/mol. The second kappa shape index (κ2) is 14.7. The van der Waals surface area contributed by atoms with Crippen molar-refractivity contribution < 1.29 is 28.4 Å². The molecule has 1 aromatic carbocycles. The zero-order valence-electron chi connectivity index (χ0n) is 30.2. The van der Waals surface area contributed by atoms with Gasteiger partial charge < -0.3 is 20.5 Å². The Kier molecular flexibility index (Phi) is 9.59. The number of nitrogens with zero attached hydrogens (tertiary/aromatic N) is 5. The number of rotatable bonds is 9. The predicted octanol–water partition coefficient (Wildman–Crippen LogP) is 2.04. The number of hydrogen-bond acceptors (Lipinski definition) is 11. The van der Waals surface area contributed by atoms with E-state index in [-0.39, 0.29) is 65.3 Å². The number of nitrogens with one attached hydrogen (secondary N) is 4. The van der Waals surface area contributed by atoms with Crippen molar-refractivity contribution >= 4 is 51.9 Å². The lowest BCUT2D eigenvalue weighted by atomic mass is 9.85. The molecular formula is C39H40FN9O6. The molecule has 8 rings (SSSR count). The van der Waals surface area contributed by atoms with E-state index in [1.807, 2.05) is 31.3 Å². The molecule has 6 heterocycles. The predicted molar refractivity (Wildman–Crippen MR) is 199 cm³/mol. The Morgan fingerprint density at radius 2 is 1.76 bits per heavy atom. The Balaban J connectivity index is 0.817. The highest BCUT2D eigenvalue weighted by Gasteiger charge is 2.43. The summed E-state index contributed by atoms with van der Waals surface area (Å²) in [5.41, 5.74) is 4.82. The number of H-pyrrole nitrogens is 1. The van der Waals surface area contributed by atoms with Crippen LogP contribution in [0, 0.1) is 5.82 Å². The topological polar surface area (TPSA) is 190 Å². The molecule has 3 aliphatic heterocycles. The summed E-state index contributed by atoms with van der Waals surface area (Å²) in [7, 11) is 0. The lowest BCUT2D eigenvalue weighted by Crippen LogP contribution is -2.58. The maximum absolute atomic E-state index is 15.1. The van der Waals surface area contributed by atoms with Gasteiger partial charge in [0.05, 0.1) is 35.0 Å². The molecule has 284 valence electrons. The standard InChI is InChI=1S/C39H40FN9O6/c1-2-22-14-30-31(45-36(22)52)13-21(18-41-30)20-47-9-11-48(12-10-47)25-3-6-29(42-19-25)37(53)44-24-15-23(16-24)43-35-27-17-34(51)49(32-7-8-33(50)46-38(32)54)39(55)26(27)4-5-28(35)40/h3-6,13-14,18-19,23-24,32,43H,2,7-12,15-17,20H2,1H3,(H,44,53)(H,45,52)(H,46,50,54)/t23-,24+,32?. The molecule has 55 heavy (non-hydrogen) atoms. The molecule has 0 radical (unpaired) electrons. The van der Waals surface area contributed by atoms with Crippen LogP contribution in [0.1, 0.15) is 70.1 Å². The van der Waals surface area contributed by atoms with Crippen molar-refractivity contribution in [2.24, 2.45) is 0 Å². The first kappa shape index (κ1) is 36.0. The van der Waals surface area contributed by atoms with Gasteiger partial charge in [0.2, 0.25) is 17.7 Å². The maximum Gasteiger partial charge on any atom is 0.270 e. The number of piperazine rings is 1. The average molecular weight is 750 g/mol. The summed E-state index contributed by atoms with van der Waals surface area (Å²) in [5.74, 6) is -3.44. The number of benzene rings is 1. The molecule has 4 aromatic rings. The summed E-state index contributed by atoms with van der Waals surface area (Å²) in [6.45, 7) is 5.89. The minimum Gasteiger partial charge on any atom is -0.380 e. The first-order chi connectivity index (χ1) is 26.5. The molecule has 0 spiro atoms. The number of carbonyl (C=O) groups excluding carboxylic acids is 5. The highest BCUT2D eigenvalue weighted by Crippen LogP contribution is 2.34. The lowest BCUT2D eigenvalue weighted by molar-refractivity contribution is -0.143. The van der Waals surface area contributed by atoms with Crippen LogP contribution in [0.25, 0.3) is 11.0 Å². The van der Waals surface area contributed by atoms with Gasteiger partial charge in [-0.1, -0.05) is 6.92 Å². The van der Waals surface area contributed by atoms with E-state index in [0.717, 1.165) is 71.5 Å². The zero-order valence-corrected chi connectivity index (χ0v) is 30.2. The second-order valence-electron chi connectivity index (χ2n) is 14.6. The van der Waals surface area contributed by atoms with Crippen LogP contribution in [0.5, 0.6) is 0 Å². The largest absolute Gasteiger partial charge is 0.380 e. The molecule has 1 unspecified atom stereocenters. The number of pyridine rings is 3. The van der Waals surface area contributed by atoms with Crippen molar-refractivity contribution in [1.82, 2.24) is 35.4 Å². The van der Waals surface area contributed by atoms with Gasteiger partial charge in [-0.3, -0.25) is 48.9 Å². The van der Waals surface area contributed by atoms with Crippen LogP contribution in [-0.4, -0.2) is 98.6 Å². The Hall–Kier alpha value is -6.03. The summed E-state index contributed by atoms with van der Waals surface area (Å²) >= 11 is 0. The molecule has 1 aliphatic carbocycles. The SMILES string of the molecule is CCc1cc2ncc(CN3CCN(c4ccc(C(=O)N[C@H]5C[C@@H](Nc6c(F)ccc7c6CC(=O)N(C6CCC(=O)NC6=O)C7=O)C5)nc4)CC3)cc2[nH]c1=O. The molecule has 1 saturated carbocycles. The Morgan fingerprint density at radius 1 is 0.964 bits per heavy atom. The molecule has 3 aromatic heterocycles. The first-order valence-electron chi connectivity index (χ1n) is 18.6. The third-order valence-corrected chi connectivity index (χ3v) is 11.0. The number of anilines is 2. The number of aromatic nitrogens is 3. The zero-order chi connectivity index (χ0) is 38.4. The van der Waals surface area contributed by atoms with Crippen LogP contribution in [-0.2, 0) is 33.8 Å². The smallest absolute Gasteiger partial charge is 0.270 e. The third kappa shape index (κ3) is 7.16. The van der Waals surface area contributed by atoms with E-state index in [2.05, 4.69) is 40.7 Å². The highest BCUT2D eigenvalue weighted by atomic mass is 19.1. The summed E-state index contributed by atoms with van der Waals surface area (Å²) in [6, 6.07) is 8.41. The number of fused-ring (bicyclic) bond motifs is 2. The number of hydrogen-bond donors (Lipinski definition) is 4. The summed E-state index contributed by atoms with van der Waals surface area (Å²) in [5, 5.41) is 8.28. The van der Waals surface area contributed by atoms with Gasteiger partial charge in [0.25, 0.3) is 17.4 Å². The van der Waals surface area contributed by atoms with Gasteiger partial charge >= 0.3 is 0 Å². The van der Waals surface area contributed by atoms with Crippen molar-refractivity contribution in [3.63, 3.8) is 0 Å². The van der Waals surface area contributed by atoms with Crippen molar-refractivity contribution in [3.8, 4) is 0 Å². The van der Waals surface area contributed by atoms with Crippen LogP contribution < -0.4 is 26.4 Å². The van der Waals surface area contributed by atoms with Crippen LogP contribution in [0.2, 0.25) is 0 Å². The van der Waals surface area contributed by atoms with Crippen molar-refractivity contribution in [2.75, 3.05) is 36.4 Å². The quantitative estimate of drug-likeness (QED) is 0.183. The molecule has 0 bridgehead atoms. The molecule has 4 aliphatic rings. The Labute approximate surface area is 314 Å². The monoisotopic (exact) mass is 749 g/mol. The molecule has 3 fully saturated rings. The molecule has 4 N–H and O–H groups in total. The fraction of sp³-hybridized carbons (Fsp3) is 0.385. The Bertz CT molecular complexity index is 2280. The highest BCUT2D eigenvalue weighted by molar-refractivity contribution is 6.14. The molecule has 15 nitrogen and oxygen atoms in total. The van der Waals surface area contributed by atoms with E-state index < -0.39 is 35.5 Å². The van der Waals surface area contributed by atoms with E-state index in [1.165, 1.54) is 6.07 Å². The third-order valence-electron chi connectivity index (χ3n) is 11.0. The van der Waals surface area contributed by atoms with E-state index in [9.17, 15) is 28.8 Å². The van der Waals surface area contributed by atoms with Crippen LogP contribution in [0.15, 0.2) is 53.6 Å². The number of aromatic amines is 1. The van der Waals surface area contributed by atoms with E-state index in [1.54, 1.807) is 12.3 Å². The number of halogens is 1. The van der Waals surface area contributed by atoms with E-state index in [0.29, 0.717) is 19.3 Å². The summed E-state index contributed by atoms with van der Waals surface area (Å²) in [6.07, 6.45) is 4.98. The molecule has 5 amide bonds. The average Bonchev–Trinajstić information content (AvgIpc) is 3.15. The van der Waals surface area contributed by atoms with Crippen LogP contribution in [0.4, 0.5) is 15.8 Å². The van der Waals surface area contributed by atoms with E-state index >= 15 is 4.39 Å². The van der Waals surface area contributed by atoms with Gasteiger partial charge in [-0.25, -0.2) is 9.37 Å². The number of aryl methyl sites for hydroxylation is 1. The normalized spacial score (nSPS) is 21.6. The second-order valence-corrected chi connectivity index (χ2v) is 14.6.